The van der Waals surface area contributed by atoms with Crippen LogP contribution < -0.4 is 5.73 Å². The van der Waals surface area contributed by atoms with E-state index in [9.17, 15) is 18.3 Å². The Morgan fingerprint density at radius 1 is 1.25 bits per heavy atom. The van der Waals surface area contributed by atoms with Gasteiger partial charge in [-0.3, -0.25) is 0 Å². The Morgan fingerprint density at radius 3 is 2.19 bits per heavy atom. The van der Waals surface area contributed by atoms with Crippen molar-refractivity contribution in [1.82, 2.24) is 0 Å². The summed E-state index contributed by atoms with van der Waals surface area (Å²) in [6, 6.07) is 2.68. The third-order valence-electron chi connectivity index (χ3n) is 2.65. The number of phenolic OH excluding ortho intramolecular Hbond substituents is 1. The van der Waals surface area contributed by atoms with Crippen LogP contribution in [0.2, 0.25) is 0 Å². The Morgan fingerprint density at radius 2 is 1.75 bits per heavy atom. The summed E-state index contributed by atoms with van der Waals surface area (Å²) in [5.74, 6) is -2.16. The van der Waals surface area contributed by atoms with E-state index >= 15 is 0 Å². The second-order valence-corrected chi connectivity index (χ2v) is 3.83. The molecule has 0 bridgehead atoms. The molecule has 1 atom stereocenters. The number of aromatic hydroxyl groups is 1. The van der Waals surface area contributed by atoms with Gasteiger partial charge in [0.2, 0.25) is 0 Å². The van der Waals surface area contributed by atoms with Crippen molar-refractivity contribution in [1.29, 1.82) is 0 Å². The Bertz CT molecular complexity index is 388. The molecule has 1 aromatic carbocycles. The first-order valence-electron chi connectivity index (χ1n) is 4.84. The van der Waals surface area contributed by atoms with Gasteiger partial charge >= 0.3 is 6.18 Å². The number of alkyl halides is 3. The maximum absolute atomic E-state index is 12.6. The molecule has 0 fully saturated rings. The van der Waals surface area contributed by atoms with Gasteiger partial charge in [-0.25, -0.2) is 0 Å². The van der Waals surface area contributed by atoms with E-state index in [1.165, 1.54) is 12.1 Å². The first kappa shape index (κ1) is 12.8. The van der Waals surface area contributed by atoms with Gasteiger partial charge in [-0.2, -0.15) is 13.2 Å². The topological polar surface area (TPSA) is 46.2 Å². The molecule has 0 saturated heterocycles. The lowest BCUT2D eigenvalue weighted by Crippen LogP contribution is -2.28. The maximum atomic E-state index is 12.6. The number of nitrogens with two attached hydrogens (primary N) is 1. The average molecular weight is 233 g/mol. The Hall–Kier alpha value is -1.23. The quantitative estimate of drug-likeness (QED) is 0.824. The lowest BCUT2D eigenvalue weighted by atomic mass is 9.94. The summed E-state index contributed by atoms with van der Waals surface area (Å²) >= 11 is 0. The van der Waals surface area contributed by atoms with Crippen LogP contribution in [0.1, 0.15) is 22.6 Å². The van der Waals surface area contributed by atoms with Gasteiger partial charge in [0, 0.05) is 12.1 Å². The summed E-state index contributed by atoms with van der Waals surface area (Å²) in [6.45, 7) is 2.85. The zero-order chi connectivity index (χ0) is 12.5. The van der Waals surface area contributed by atoms with E-state index in [0.717, 1.165) is 5.56 Å². The van der Waals surface area contributed by atoms with Gasteiger partial charge in [0.15, 0.2) is 0 Å². The normalized spacial score (nSPS) is 13.9. The van der Waals surface area contributed by atoms with E-state index < -0.39 is 18.6 Å². The Labute approximate surface area is 91.9 Å². The predicted molar refractivity (Wildman–Crippen MR) is 55.4 cm³/mol. The smallest absolute Gasteiger partial charge is 0.397 e. The van der Waals surface area contributed by atoms with Crippen molar-refractivity contribution < 1.29 is 18.3 Å². The number of hydrogen-bond donors (Lipinski definition) is 2. The summed E-state index contributed by atoms with van der Waals surface area (Å²) in [5, 5.41) is 9.53. The van der Waals surface area contributed by atoms with Crippen molar-refractivity contribution in [2.45, 2.75) is 25.9 Å². The van der Waals surface area contributed by atoms with Gasteiger partial charge in [-0.1, -0.05) is 6.07 Å². The lowest BCUT2D eigenvalue weighted by molar-refractivity contribution is -0.148. The lowest BCUT2D eigenvalue weighted by Gasteiger charge is -2.20. The molecular formula is C11H14F3NO. The number of aryl methyl sites for hydroxylation is 2. The van der Waals surface area contributed by atoms with Crippen LogP contribution in [0.25, 0.3) is 0 Å². The first-order chi connectivity index (χ1) is 7.27. The van der Waals surface area contributed by atoms with Crippen molar-refractivity contribution in [2.24, 2.45) is 5.73 Å². The number of benzene rings is 1. The fourth-order valence-electron chi connectivity index (χ4n) is 1.54. The predicted octanol–water partition coefficient (Wildman–Crippen LogP) is 2.61. The van der Waals surface area contributed by atoms with Crippen molar-refractivity contribution in [3.63, 3.8) is 0 Å². The van der Waals surface area contributed by atoms with E-state index in [0.29, 0.717) is 5.56 Å². The van der Waals surface area contributed by atoms with Crippen LogP contribution in [0, 0.1) is 13.8 Å². The number of rotatable bonds is 2. The summed E-state index contributed by atoms with van der Waals surface area (Å²) < 4.78 is 37.9. The minimum Gasteiger partial charge on any atom is -0.508 e. The highest BCUT2D eigenvalue weighted by molar-refractivity contribution is 5.43. The number of halogens is 3. The Balaban J connectivity index is 3.26. The van der Waals surface area contributed by atoms with Crippen LogP contribution in [-0.4, -0.2) is 17.8 Å². The van der Waals surface area contributed by atoms with E-state index in [1.54, 1.807) is 13.8 Å². The molecule has 16 heavy (non-hydrogen) atoms. The molecule has 90 valence electrons. The van der Waals surface area contributed by atoms with Gasteiger partial charge in [0.05, 0.1) is 5.92 Å². The second kappa shape index (κ2) is 4.33. The van der Waals surface area contributed by atoms with Crippen LogP contribution >= 0.6 is 0 Å². The van der Waals surface area contributed by atoms with E-state index in [2.05, 4.69) is 0 Å². The van der Waals surface area contributed by atoms with Gasteiger partial charge in [0.25, 0.3) is 0 Å². The monoisotopic (exact) mass is 233 g/mol. The molecule has 1 aromatic rings. The van der Waals surface area contributed by atoms with E-state index in [4.69, 9.17) is 5.73 Å². The van der Waals surface area contributed by atoms with E-state index in [-0.39, 0.29) is 11.3 Å². The highest BCUT2D eigenvalue weighted by atomic mass is 19.4. The summed E-state index contributed by atoms with van der Waals surface area (Å²) in [7, 11) is 0. The van der Waals surface area contributed by atoms with E-state index in [1.807, 2.05) is 0 Å². The van der Waals surface area contributed by atoms with Crippen molar-refractivity contribution in [2.75, 3.05) is 6.54 Å². The van der Waals surface area contributed by atoms with Crippen LogP contribution in [0.15, 0.2) is 12.1 Å². The zero-order valence-electron chi connectivity index (χ0n) is 9.10. The molecule has 0 aliphatic rings. The van der Waals surface area contributed by atoms with Crippen LogP contribution in [-0.2, 0) is 0 Å². The average Bonchev–Trinajstić information content (AvgIpc) is 2.12. The molecule has 0 aromatic heterocycles. The Kier molecular flexibility index (Phi) is 3.48. The summed E-state index contributed by atoms with van der Waals surface area (Å²) in [5.41, 5.74) is 6.42. The maximum Gasteiger partial charge on any atom is 0.397 e. The van der Waals surface area contributed by atoms with Crippen LogP contribution in [0.4, 0.5) is 13.2 Å². The molecule has 0 radical (unpaired) electrons. The summed E-state index contributed by atoms with van der Waals surface area (Å²) in [4.78, 5) is 0. The molecule has 5 heteroatoms. The molecule has 0 spiro atoms. The second-order valence-electron chi connectivity index (χ2n) is 3.83. The fourth-order valence-corrected chi connectivity index (χ4v) is 1.54. The first-order valence-corrected chi connectivity index (χ1v) is 4.84. The SMILES string of the molecule is Cc1cc(O)c(C(CN)C(F)(F)F)cc1C. The molecule has 1 rings (SSSR count). The molecule has 1 unspecified atom stereocenters. The minimum atomic E-state index is -4.44. The van der Waals surface area contributed by atoms with Gasteiger partial charge in [-0.05, 0) is 31.0 Å². The minimum absolute atomic E-state index is 0.155. The molecular weight excluding hydrogens is 219 g/mol. The van der Waals surface area contributed by atoms with Crippen molar-refractivity contribution in [3.05, 3.63) is 28.8 Å². The third-order valence-corrected chi connectivity index (χ3v) is 2.65. The summed E-state index contributed by atoms with van der Waals surface area (Å²) in [6.07, 6.45) is -4.44. The van der Waals surface area contributed by atoms with Crippen LogP contribution in [0.5, 0.6) is 5.75 Å². The van der Waals surface area contributed by atoms with Gasteiger partial charge in [0.1, 0.15) is 5.75 Å². The van der Waals surface area contributed by atoms with Crippen molar-refractivity contribution in [3.8, 4) is 5.75 Å². The van der Waals surface area contributed by atoms with Gasteiger partial charge in [-0.15, -0.1) is 0 Å². The van der Waals surface area contributed by atoms with Crippen molar-refractivity contribution >= 4 is 0 Å². The highest BCUT2D eigenvalue weighted by Crippen LogP contribution is 2.38. The molecule has 0 amide bonds. The fraction of sp³-hybridized carbons (Fsp3) is 0.455. The van der Waals surface area contributed by atoms with Gasteiger partial charge < -0.3 is 10.8 Å². The van der Waals surface area contributed by atoms with Crippen LogP contribution in [0.3, 0.4) is 0 Å². The third kappa shape index (κ3) is 2.47. The molecule has 0 aliphatic carbocycles. The largest absolute Gasteiger partial charge is 0.508 e. The molecule has 0 heterocycles. The standard InChI is InChI=1S/C11H14F3NO/c1-6-3-8(10(16)4-7(6)2)9(5-15)11(12,13)14/h3-4,9,16H,5,15H2,1-2H3. The number of phenols is 1. The molecule has 0 aliphatic heterocycles. The highest BCUT2D eigenvalue weighted by Gasteiger charge is 2.41. The number of hydrogen-bond acceptors (Lipinski definition) is 2. The molecule has 3 N–H and O–H groups in total. The molecule has 2 nitrogen and oxygen atoms in total. The zero-order valence-corrected chi connectivity index (χ0v) is 9.10. The molecule has 0 saturated carbocycles.